The molecule has 1 heterocycles. The minimum absolute atomic E-state index is 0.00824. The van der Waals surface area contributed by atoms with Crippen molar-refractivity contribution in [2.24, 2.45) is 5.92 Å². The number of hydrogen-bond acceptors (Lipinski definition) is 3. The number of hydrogen-bond donors (Lipinski definition) is 0. The molecular formula is C20H29NO3. The van der Waals surface area contributed by atoms with Gasteiger partial charge in [0.2, 0.25) is 0 Å². The highest BCUT2D eigenvalue weighted by atomic mass is 16.6. The standard InChI is InChI=1S/C20H29NO3/c1-14(2)16-7-6-8-17(13-16)18(22)15-9-11-21(12-10-15)19(23)24-20(3,4)5/h6-8,13-15H,9-12H2,1-5H3. The van der Waals surface area contributed by atoms with E-state index in [0.29, 0.717) is 31.8 Å². The Morgan fingerprint density at radius 3 is 2.33 bits per heavy atom. The number of benzene rings is 1. The number of Topliss-reactive ketones (excluding diaryl/α,β-unsaturated/α-hetero) is 1. The van der Waals surface area contributed by atoms with Gasteiger partial charge in [0.05, 0.1) is 0 Å². The summed E-state index contributed by atoms with van der Waals surface area (Å²) in [4.78, 5) is 26.6. The van der Waals surface area contributed by atoms with E-state index in [4.69, 9.17) is 4.74 Å². The molecule has 1 aromatic carbocycles. The van der Waals surface area contributed by atoms with Crippen LogP contribution in [0.5, 0.6) is 0 Å². The van der Waals surface area contributed by atoms with E-state index in [-0.39, 0.29) is 17.8 Å². The van der Waals surface area contributed by atoms with Gasteiger partial charge in [-0.15, -0.1) is 0 Å². The quantitative estimate of drug-likeness (QED) is 0.758. The average molecular weight is 331 g/mol. The molecule has 4 heteroatoms. The van der Waals surface area contributed by atoms with Crippen LogP contribution in [-0.4, -0.2) is 35.5 Å². The number of ether oxygens (including phenoxy) is 1. The molecule has 1 aliphatic heterocycles. The Morgan fingerprint density at radius 1 is 1.17 bits per heavy atom. The van der Waals surface area contributed by atoms with Crippen molar-refractivity contribution >= 4 is 11.9 Å². The lowest BCUT2D eigenvalue weighted by molar-refractivity contribution is 0.0182. The number of amides is 1. The third kappa shape index (κ3) is 4.83. The SMILES string of the molecule is CC(C)c1cccc(C(=O)C2CCN(C(=O)OC(C)(C)C)CC2)c1. The third-order valence-electron chi connectivity index (χ3n) is 4.36. The van der Waals surface area contributed by atoms with E-state index < -0.39 is 5.60 Å². The van der Waals surface area contributed by atoms with E-state index in [9.17, 15) is 9.59 Å². The van der Waals surface area contributed by atoms with Crippen LogP contribution in [0.1, 0.15) is 69.3 Å². The Bertz CT molecular complexity index is 593. The van der Waals surface area contributed by atoms with Crippen molar-refractivity contribution in [2.75, 3.05) is 13.1 Å². The van der Waals surface area contributed by atoms with Crippen LogP contribution in [0.4, 0.5) is 4.79 Å². The Kier molecular flexibility index (Phi) is 5.68. The first-order valence-corrected chi connectivity index (χ1v) is 8.79. The minimum Gasteiger partial charge on any atom is -0.444 e. The van der Waals surface area contributed by atoms with Crippen molar-refractivity contribution in [1.29, 1.82) is 0 Å². The van der Waals surface area contributed by atoms with Crippen molar-refractivity contribution in [3.05, 3.63) is 35.4 Å². The second kappa shape index (κ2) is 7.37. The lowest BCUT2D eigenvalue weighted by Crippen LogP contribution is -2.43. The van der Waals surface area contributed by atoms with E-state index in [1.807, 2.05) is 39.0 Å². The number of nitrogens with zero attached hydrogens (tertiary/aromatic N) is 1. The molecule has 1 aromatic rings. The number of likely N-dealkylation sites (tertiary alicyclic amines) is 1. The number of carbonyl (C=O) groups excluding carboxylic acids is 2. The second-order valence-corrected chi connectivity index (χ2v) is 7.89. The fourth-order valence-electron chi connectivity index (χ4n) is 2.94. The highest BCUT2D eigenvalue weighted by molar-refractivity contribution is 5.98. The van der Waals surface area contributed by atoms with Gasteiger partial charge in [0, 0.05) is 24.6 Å². The molecule has 1 saturated heterocycles. The fraction of sp³-hybridized carbons (Fsp3) is 0.600. The van der Waals surface area contributed by atoms with E-state index in [0.717, 1.165) is 5.56 Å². The molecular weight excluding hydrogens is 302 g/mol. The number of rotatable bonds is 3. The average Bonchev–Trinajstić information content (AvgIpc) is 2.53. The van der Waals surface area contributed by atoms with Crippen molar-refractivity contribution in [2.45, 2.75) is 59.0 Å². The summed E-state index contributed by atoms with van der Waals surface area (Å²) >= 11 is 0. The Balaban J connectivity index is 1.96. The molecule has 0 aromatic heterocycles. The third-order valence-corrected chi connectivity index (χ3v) is 4.36. The van der Waals surface area contributed by atoms with E-state index in [1.54, 1.807) is 4.90 Å². The van der Waals surface area contributed by atoms with Crippen LogP contribution in [0.3, 0.4) is 0 Å². The molecule has 4 nitrogen and oxygen atoms in total. The smallest absolute Gasteiger partial charge is 0.410 e. The van der Waals surface area contributed by atoms with Gasteiger partial charge in [0.15, 0.2) is 5.78 Å². The predicted octanol–water partition coefficient (Wildman–Crippen LogP) is 4.64. The Labute approximate surface area is 145 Å². The molecule has 24 heavy (non-hydrogen) atoms. The Morgan fingerprint density at radius 2 is 1.79 bits per heavy atom. The summed E-state index contributed by atoms with van der Waals surface area (Å²) in [5.74, 6) is 0.596. The largest absolute Gasteiger partial charge is 0.444 e. The highest BCUT2D eigenvalue weighted by Gasteiger charge is 2.30. The summed E-state index contributed by atoms with van der Waals surface area (Å²) in [5, 5.41) is 0. The summed E-state index contributed by atoms with van der Waals surface area (Å²) in [7, 11) is 0. The van der Waals surface area contributed by atoms with Gasteiger partial charge in [0.25, 0.3) is 0 Å². The van der Waals surface area contributed by atoms with Crippen LogP contribution < -0.4 is 0 Å². The normalized spacial score (nSPS) is 16.3. The maximum Gasteiger partial charge on any atom is 0.410 e. The molecule has 0 N–H and O–H groups in total. The molecule has 0 unspecified atom stereocenters. The molecule has 0 bridgehead atoms. The maximum absolute atomic E-state index is 12.7. The molecule has 2 rings (SSSR count). The van der Waals surface area contributed by atoms with Gasteiger partial charge in [-0.25, -0.2) is 4.79 Å². The van der Waals surface area contributed by atoms with Gasteiger partial charge in [-0.1, -0.05) is 32.0 Å². The molecule has 0 saturated carbocycles. The predicted molar refractivity (Wildman–Crippen MR) is 95.4 cm³/mol. The van der Waals surface area contributed by atoms with Crippen molar-refractivity contribution in [1.82, 2.24) is 4.90 Å². The molecule has 0 spiro atoms. The minimum atomic E-state index is -0.485. The lowest BCUT2D eigenvalue weighted by Gasteiger charge is -2.33. The molecule has 1 fully saturated rings. The molecule has 0 aliphatic carbocycles. The van der Waals surface area contributed by atoms with Crippen molar-refractivity contribution in [3.8, 4) is 0 Å². The van der Waals surface area contributed by atoms with Gasteiger partial charge in [-0.05, 0) is 51.2 Å². The molecule has 0 atom stereocenters. The summed E-state index contributed by atoms with van der Waals surface area (Å²) in [6, 6.07) is 7.92. The molecule has 1 aliphatic rings. The number of ketones is 1. The van der Waals surface area contributed by atoms with Gasteiger partial charge >= 0.3 is 6.09 Å². The van der Waals surface area contributed by atoms with E-state index in [1.165, 1.54) is 5.56 Å². The molecule has 132 valence electrons. The topological polar surface area (TPSA) is 46.6 Å². The van der Waals surface area contributed by atoms with Crippen LogP contribution >= 0.6 is 0 Å². The second-order valence-electron chi connectivity index (χ2n) is 7.89. The van der Waals surface area contributed by atoms with Crippen LogP contribution in [0.2, 0.25) is 0 Å². The monoisotopic (exact) mass is 331 g/mol. The lowest BCUT2D eigenvalue weighted by atomic mass is 9.87. The zero-order chi connectivity index (χ0) is 17.9. The first-order valence-electron chi connectivity index (χ1n) is 8.79. The summed E-state index contributed by atoms with van der Waals surface area (Å²) in [6.45, 7) is 11.0. The highest BCUT2D eigenvalue weighted by Crippen LogP contribution is 2.25. The van der Waals surface area contributed by atoms with Crippen LogP contribution in [-0.2, 0) is 4.74 Å². The molecule has 1 amide bonds. The number of carbonyl (C=O) groups is 2. The maximum atomic E-state index is 12.7. The first-order chi connectivity index (χ1) is 11.2. The van der Waals surface area contributed by atoms with Crippen LogP contribution in [0.15, 0.2) is 24.3 Å². The molecule has 0 radical (unpaired) electrons. The van der Waals surface area contributed by atoms with Gasteiger partial charge in [-0.2, -0.15) is 0 Å². The fourth-order valence-corrected chi connectivity index (χ4v) is 2.94. The van der Waals surface area contributed by atoms with Crippen LogP contribution in [0.25, 0.3) is 0 Å². The van der Waals surface area contributed by atoms with Gasteiger partial charge in [-0.3, -0.25) is 4.79 Å². The number of piperidine rings is 1. The zero-order valence-electron chi connectivity index (χ0n) is 15.5. The zero-order valence-corrected chi connectivity index (χ0v) is 15.5. The summed E-state index contributed by atoms with van der Waals surface area (Å²) in [6.07, 6.45) is 1.11. The van der Waals surface area contributed by atoms with E-state index >= 15 is 0 Å². The van der Waals surface area contributed by atoms with Gasteiger partial charge < -0.3 is 9.64 Å². The van der Waals surface area contributed by atoms with E-state index in [2.05, 4.69) is 19.9 Å². The first kappa shape index (κ1) is 18.5. The van der Waals surface area contributed by atoms with Gasteiger partial charge in [0.1, 0.15) is 5.60 Å². The van der Waals surface area contributed by atoms with Crippen molar-refractivity contribution in [3.63, 3.8) is 0 Å². The Hall–Kier alpha value is -1.84. The van der Waals surface area contributed by atoms with Crippen molar-refractivity contribution < 1.29 is 14.3 Å². The summed E-state index contributed by atoms with van der Waals surface area (Å²) in [5.41, 5.74) is 1.49. The summed E-state index contributed by atoms with van der Waals surface area (Å²) < 4.78 is 5.40. The van der Waals surface area contributed by atoms with Crippen LogP contribution in [0, 0.1) is 5.92 Å².